The molecule has 0 bridgehead atoms. The average molecular weight is 301 g/mol. The van der Waals surface area contributed by atoms with E-state index in [9.17, 15) is 4.79 Å². The highest BCUT2D eigenvalue weighted by atomic mass is 16.5. The first kappa shape index (κ1) is 15.6. The fourth-order valence-corrected chi connectivity index (χ4v) is 2.04. The van der Waals surface area contributed by atoms with Crippen LogP contribution in [0.25, 0.3) is 0 Å². The van der Waals surface area contributed by atoms with E-state index >= 15 is 0 Å². The van der Waals surface area contributed by atoms with Crippen molar-refractivity contribution in [2.24, 2.45) is 0 Å². The maximum Gasteiger partial charge on any atom is 0.339 e. The Morgan fingerprint density at radius 1 is 1.23 bits per heavy atom. The van der Waals surface area contributed by atoms with Gasteiger partial charge in [-0.2, -0.15) is 0 Å². The predicted octanol–water partition coefficient (Wildman–Crippen LogP) is 2.25. The van der Waals surface area contributed by atoms with Gasteiger partial charge in [0.15, 0.2) is 11.6 Å². The second kappa shape index (κ2) is 6.30. The predicted molar refractivity (Wildman–Crippen MR) is 86.5 cm³/mol. The molecule has 0 saturated carbocycles. The zero-order valence-corrected chi connectivity index (χ0v) is 13.0. The van der Waals surface area contributed by atoms with Crippen LogP contribution in [-0.4, -0.2) is 30.1 Å². The summed E-state index contributed by atoms with van der Waals surface area (Å²) in [6.45, 7) is 3.67. The molecule has 2 aromatic rings. The van der Waals surface area contributed by atoms with E-state index in [0.717, 1.165) is 5.56 Å². The number of carbonyl (C=O) groups is 1. The molecule has 1 aromatic carbocycles. The number of esters is 1. The molecule has 0 aliphatic carbocycles. The van der Waals surface area contributed by atoms with E-state index in [2.05, 4.69) is 20.6 Å². The Hall–Kier alpha value is -2.83. The summed E-state index contributed by atoms with van der Waals surface area (Å²) in [6, 6.07) is 5.42. The maximum absolute atomic E-state index is 11.9. The van der Waals surface area contributed by atoms with Gasteiger partial charge >= 0.3 is 5.97 Å². The number of aromatic nitrogens is 2. The van der Waals surface area contributed by atoms with Crippen LogP contribution < -0.4 is 16.4 Å². The molecule has 0 fully saturated rings. The van der Waals surface area contributed by atoms with Gasteiger partial charge in [-0.25, -0.2) is 14.8 Å². The van der Waals surface area contributed by atoms with Gasteiger partial charge in [-0.3, -0.25) is 0 Å². The molecule has 0 radical (unpaired) electrons. The Morgan fingerprint density at radius 3 is 2.55 bits per heavy atom. The SMILES string of the molecule is CNc1nc(C)nc(Nc2ccc(C)cc2C(=O)OC)c1N. The molecule has 7 heteroatoms. The molecule has 22 heavy (non-hydrogen) atoms. The van der Waals surface area contributed by atoms with Crippen LogP contribution in [0.1, 0.15) is 21.7 Å². The van der Waals surface area contributed by atoms with Crippen LogP contribution >= 0.6 is 0 Å². The molecule has 0 unspecified atom stereocenters. The number of nitrogens with zero attached hydrogens (tertiary/aromatic N) is 2. The van der Waals surface area contributed by atoms with E-state index in [-0.39, 0.29) is 0 Å². The van der Waals surface area contributed by atoms with Gasteiger partial charge in [-0.05, 0) is 26.0 Å². The summed E-state index contributed by atoms with van der Waals surface area (Å²) in [5.41, 5.74) is 8.36. The Morgan fingerprint density at radius 2 is 1.91 bits per heavy atom. The number of anilines is 4. The van der Waals surface area contributed by atoms with Gasteiger partial charge in [-0.1, -0.05) is 11.6 Å². The number of benzene rings is 1. The Bertz CT molecular complexity index is 715. The highest BCUT2D eigenvalue weighted by Crippen LogP contribution is 2.28. The summed E-state index contributed by atoms with van der Waals surface area (Å²) in [7, 11) is 3.07. The lowest BCUT2D eigenvalue weighted by Gasteiger charge is -2.14. The fraction of sp³-hybridized carbons (Fsp3) is 0.267. The quantitative estimate of drug-likeness (QED) is 0.744. The minimum Gasteiger partial charge on any atom is -0.465 e. The first-order valence-electron chi connectivity index (χ1n) is 6.74. The number of nitrogens with one attached hydrogen (secondary N) is 2. The van der Waals surface area contributed by atoms with Crippen LogP contribution in [0.15, 0.2) is 18.2 Å². The lowest BCUT2D eigenvalue weighted by Crippen LogP contribution is -2.10. The van der Waals surface area contributed by atoms with Crippen molar-refractivity contribution in [3.8, 4) is 0 Å². The van der Waals surface area contributed by atoms with Crippen LogP contribution in [0.3, 0.4) is 0 Å². The summed E-state index contributed by atoms with van der Waals surface area (Å²) in [5.74, 6) is 1.10. The van der Waals surface area contributed by atoms with Crippen molar-refractivity contribution in [1.29, 1.82) is 0 Å². The second-order valence-corrected chi connectivity index (χ2v) is 4.80. The molecule has 0 atom stereocenters. The van der Waals surface area contributed by atoms with Crippen molar-refractivity contribution in [1.82, 2.24) is 9.97 Å². The molecule has 0 aliphatic heterocycles. The number of hydrogen-bond donors (Lipinski definition) is 3. The molecule has 1 aromatic heterocycles. The van der Waals surface area contributed by atoms with Gasteiger partial charge in [0.2, 0.25) is 0 Å². The third-order valence-electron chi connectivity index (χ3n) is 3.13. The number of aryl methyl sites for hydroxylation is 2. The van der Waals surface area contributed by atoms with Crippen LogP contribution in [0, 0.1) is 13.8 Å². The van der Waals surface area contributed by atoms with Crippen molar-refractivity contribution in [3.05, 3.63) is 35.2 Å². The summed E-state index contributed by atoms with van der Waals surface area (Å²) in [4.78, 5) is 20.4. The van der Waals surface area contributed by atoms with E-state index in [4.69, 9.17) is 10.5 Å². The molecule has 116 valence electrons. The number of hydrogen-bond acceptors (Lipinski definition) is 7. The number of nitrogen functional groups attached to an aromatic ring is 1. The molecule has 0 aliphatic rings. The standard InChI is InChI=1S/C15H19N5O2/c1-8-5-6-11(10(7-8)15(21)22-4)20-14-12(16)13(17-3)18-9(2)19-14/h5-7H,16H2,1-4H3,(H2,17,18,19,20). The van der Waals surface area contributed by atoms with Crippen LogP contribution in [0.4, 0.5) is 23.0 Å². The first-order valence-corrected chi connectivity index (χ1v) is 6.74. The molecule has 7 nitrogen and oxygen atoms in total. The topological polar surface area (TPSA) is 102 Å². The van der Waals surface area contributed by atoms with Crippen LogP contribution in [0.5, 0.6) is 0 Å². The molecule has 1 heterocycles. The van der Waals surface area contributed by atoms with Crippen LogP contribution in [0.2, 0.25) is 0 Å². The van der Waals surface area contributed by atoms with Gasteiger partial charge in [-0.15, -0.1) is 0 Å². The monoisotopic (exact) mass is 301 g/mol. The number of nitrogens with two attached hydrogens (primary N) is 1. The van der Waals surface area contributed by atoms with E-state index in [1.54, 1.807) is 26.1 Å². The highest BCUT2D eigenvalue weighted by molar-refractivity contribution is 5.97. The van der Waals surface area contributed by atoms with Crippen LogP contribution in [-0.2, 0) is 4.74 Å². The molecule has 0 saturated heterocycles. The van der Waals surface area contributed by atoms with Gasteiger partial charge in [0.05, 0.1) is 18.4 Å². The van der Waals surface area contributed by atoms with Crippen molar-refractivity contribution < 1.29 is 9.53 Å². The van der Waals surface area contributed by atoms with Crippen molar-refractivity contribution in [3.63, 3.8) is 0 Å². The minimum atomic E-state index is -0.426. The van der Waals surface area contributed by atoms with E-state index in [1.165, 1.54) is 7.11 Å². The summed E-state index contributed by atoms with van der Waals surface area (Å²) in [5, 5.41) is 5.99. The second-order valence-electron chi connectivity index (χ2n) is 4.80. The molecule has 4 N–H and O–H groups in total. The van der Waals surface area contributed by atoms with E-state index < -0.39 is 5.97 Å². The van der Waals surface area contributed by atoms with Crippen molar-refractivity contribution in [2.75, 3.05) is 30.5 Å². The van der Waals surface area contributed by atoms with Gasteiger partial charge in [0.25, 0.3) is 0 Å². The zero-order chi connectivity index (χ0) is 16.3. The molecular weight excluding hydrogens is 282 g/mol. The Kier molecular flexibility index (Phi) is 4.45. The molecule has 0 amide bonds. The normalized spacial score (nSPS) is 10.2. The van der Waals surface area contributed by atoms with E-state index in [0.29, 0.717) is 34.4 Å². The lowest BCUT2D eigenvalue weighted by molar-refractivity contribution is 0.0602. The summed E-state index contributed by atoms with van der Waals surface area (Å²) < 4.78 is 4.81. The van der Waals surface area contributed by atoms with Gasteiger partial charge < -0.3 is 21.1 Å². The molecular formula is C15H19N5O2. The maximum atomic E-state index is 11.9. The third kappa shape index (κ3) is 3.08. The smallest absolute Gasteiger partial charge is 0.339 e. The molecule has 2 rings (SSSR count). The molecule has 0 spiro atoms. The minimum absolute atomic E-state index is 0.379. The largest absolute Gasteiger partial charge is 0.465 e. The van der Waals surface area contributed by atoms with Crippen molar-refractivity contribution in [2.45, 2.75) is 13.8 Å². The lowest BCUT2D eigenvalue weighted by atomic mass is 10.1. The highest BCUT2D eigenvalue weighted by Gasteiger charge is 2.15. The number of carbonyl (C=O) groups excluding carboxylic acids is 1. The average Bonchev–Trinajstić information content (AvgIpc) is 2.51. The summed E-state index contributed by atoms with van der Waals surface area (Å²) in [6.07, 6.45) is 0. The number of rotatable bonds is 4. The van der Waals surface area contributed by atoms with Gasteiger partial charge in [0.1, 0.15) is 11.5 Å². The fourth-order valence-electron chi connectivity index (χ4n) is 2.04. The van der Waals surface area contributed by atoms with Crippen molar-refractivity contribution >= 4 is 29.0 Å². The third-order valence-corrected chi connectivity index (χ3v) is 3.13. The Balaban J connectivity index is 2.48. The Labute approximate surface area is 128 Å². The van der Waals surface area contributed by atoms with E-state index in [1.807, 2.05) is 13.0 Å². The van der Waals surface area contributed by atoms with Gasteiger partial charge in [0, 0.05) is 7.05 Å². The number of ether oxygens (including phenoxy) is 1. The zero-order valence-electron chi connectivity index (χ0n) is 13.0. The number of methoxy groups -OCH3 is 1. The first-order chi connectivity index (χ1) is 10.5. The summed E-state index contributed by atoms with van der Waals surface area (Å²) >= 11 is 0.